The van der Waals surface area contributed by atoms with E-state index in [9.17, 15) is 9.59 Å². The first kappa shape index (κ1) is 30.2. The molecule has 0 atom stereocenters. The summed E-state index contributed by atoms with van der Waals surface area (Å²) in [6, 6.07) is 11.4. The summed E-state index contributed by atoms with van der Waals surface area (Å²) in [5.74, 6) is -0.179. The van der Waals surface area contributed by atoms with E-state index in [1.54, 1.807) is 38.4 Å². The van der Waals surface area contributed by atoms with Crippen LogP contribution in [0, 0.1) is 0 Å². The lowest BCUT2D eigenvalue weighted by atomic mass is 9.77. The Morgan fingerprint density at radius 1 is 1.05 bits per heavy atom. The van der Waals surface area contributed by atoms with Crippen LogP contribution in [0.2, 0.25) is 30.7 Å². The molecule has 1 heterocycles. The number of halogens is 1. The van der Waals surface area contributed by atoms with Crippen LogP contribution in [0.1, 0.15) is 43.6 Å². The molecule has 1 amide bonds. The molecule has 0 N–H and O–H groups in total. The van der Waals surface area contributed by atoms with Gasteiger partial charge in [0.1, 0.15) is 5.75 Å². The van der Waals surface area contributed by atoms with Gasteiger partial charge >= 0.3 is 13.1 Å². The van der Waals surface area contributed by atoms with Crippen molar-refractivity contribution in [1.29, 1.82) is 0 Å². The van der Waals surface area contributed by atoms with E-state index in [1.807, 2.05) is 39.8 Å². The number of rotatable bonds is 9. The van der Waals surface area contributed by atoms with Gasteiger partial charge in [0.05, 0.1) is 37.0 Å². The predicted octanol–water partition coefficient (Wildman–Crippen LogP) is 5.35. The van der Waals surface area contributed by atoms with Gasteiger partial charge in [-0.3, -0.25) is 9.59 Å². The number of amides is 1. The number of carbonyl (C=O) groups excluding carboxylic acids is 2. The third kappa shape index (κ3) is 6.81. The van der Waals surface area contributed by atoms with Crippen molar-refractivity contribution in [1.82, 2.24) is 0 Å². The number of carbonyl (C=O) groups is 2. The van der Waals surface area contributed by atoms with Gasteiger partial charge in [-0.2, -0.15) is 0 Å². The quantitative estimate of drug-likeness (QED) is 0.305. The topological polar surface area (TPSA) is 74.3 Å². The summed E-state index contributed by atoms with van der Waals surface area (Å²) in [5, 5.41) is 0.352. The highest BCUT2D eigenvalue weighted by atomic mass is 35.5. The molecule has 0 aliphatic carbocycles. The molecule has 1 saturated heterocycles. The number of para-hydroxylation sites is 2. The Morgan fingerprint density at radius 3 is 2.24 bits per heavy atom. The van der Waals surface area contributed by atoms with Crippen LogP contribution in [0.4, 0.5) is 5.69 Å². The third-order valence-electron chi connectivity index (χ3n) is 7.16. The molecular weight excluding hydrogens is 521 g/mol. The third-order valence-corrected chi connectivity index (χ3v) is 9.19. The fraction of sp³-hybridized carbons (Fsp3) is 0.500. The highest BCUT2D eigenvalue weighted by Gasteiger charge is 2.52. The van der Waals surface area contributed by atoms with Crippen molar-refractivity contribution in [2.24, 2.45) is 0 Å². The lowest BCUT2D eigenvalue weighted by Gasteiger charge is -2.32. The Balaban J connectivity index is 2.00. The second-order valence-electron chi connectivity index (χ2n) is 11.9. The first-order chi connectivity index (χ1) is 17.6. The van der Waals surface area contributed by atoms with Gasteiger partial charge in [0.2, 0.25) is 0 Å². The van der Waals surface area contributed by atoms with Crippen molar-refractivity contribution in [3.05, 3.63) is 52.5 Å². The molecule has 206 valence electrons. The van der Waals surface area contributed by atoms with E-state index in [0.29, 0.717) is 39.7 Å². The molecule has 1 aliphatic heterocycles. The van der Waals surface area contributed by atoms with Gasteiger partial charge in [0.25, 0.3) is 5.91 Å². The molecule has 0 bridgehead atoms. The second kappa shape index (κ2) is 11.4. The molecule has 1 fully saturated rings. The van der Waals surface area contributed by atoms with Crippen LogP contribution in [0.15, 0.2) is 36.4 Å². The van der Waals surface area contributed by atoms with Crippen LogP contribution in [0.5, 0.6) is 5.75 Å². The number of nitrogens with zero attached hydrogens (tertiary/aromatic N) is 1. The zero-order chi connectivity index (χ0) is 28.5. The number of hydrogen-bond donors (Lipinski definition) is 0. The Bertz CT molecular complexity index is 1180. The number of benzene rings is 2. The van der Waals surface area contributed by atoms with E-state index < -0.39 is 32.4 Å². The SMILES string of the molecule is COc1ccccc1N(C)C(=O)c1cc(B2OC(C)(C)C(C)(C)O2)c(Cl)cc1CC(=O)OCC[Si](C)(C)C. The summed E-state index contributed by atoms with van der Waals surface area (Å²) in [4.78, 5) is 28.2. The lowest BCUT2D eigenvalue weighted by Crippen LogP contribution is -2.41. The van der Waals surface area contributed by atoms with Crippen molar-refractivity contribution < 1.29 is 28.4 Å². The number of ether oxygens (including phenoxy) is 2. The van der Waals surface area contributed by atoms with Crippen LogP contribution in [-0.2, 0) is 25.3 Å². The van der Waals surface area contributed by atoms with Crippen molar-refractivity contribution in [2.75, 3.05) is 25.7 Å². The van der Waals surface area contributed by atoms with E-state index in [4.69, 9.17) is 30.4 Å². The highest BCUT2D eigenvalue weighted by molar-refractivity contribution is 6.76. The molecule has 3 rings (SSSR count). The van der Waals surface area contributed by atoms with Crippen LogP contribution in [-0.4, -0.2) is 59.0 Å². The summed E-state index contributed by atoms with van der Waals surface area (Å²) in [7, 11) is 1.09. The van der Waals surface area contributed by atoms with Gasteiger partial charge in [0, 0.05) is 31.2 Å². The van der Waals surface area contributed by atoms with E-state index in [1.165, 1.54) is 4.90 Å². The van der Waals surface area contributed by atoms with E-state index in [-0.39, 0.29) is 12.3 Å². The lowest BCUT2D eigenvalue weighted by molar-refractivity contribution is -0.142. The van der Waals surface area contributed by atoms with Gasteiger partial charge in [0.15, 0.2) is 0 Å². The maximum Gasteiger partial charge on any atom is 0.496 e. The van der Waals surface area contributed by atoms with Crippen molar-refractivity contribution in [3.8, 4) is 5.75 Å². The standard InChI is InChI=1S/C28H39BClNO6Si/c1-27(2)28(3,4)37-29(36-27)21-18-20(26(33)31(5)23-12-10-11-13-24(23)34-6)19(16-22(21)30)17-25(32)35-14-15-38(7,8)9/h10-13,16,18H,14-15,17H2,1-9H3. The number of methoxy groups -OCH3 is 1. The van der Waals surface area contributed by atoms with Gasteiger partial charge in [-0.1, -0.05) is 43.4 Å². The molecular formula is C28H39BClNO6Si. The smallest absolute Gasteiger partial charge is 0.495 e. The summed E-state index contributed by atoms with van der Waals surface area (Å²) in [6.07, 6.45) is -0.0874. The fourth-order valence-corrected chi connectivity index (χ4v) is 4.99. The minimum Gasteiger partial charge on any atom is -0.495 e. The largest absolute Gasteiger partial charge is 0.496 e. The Labute approximate surface area is 232 Å². The van der Waals surface area contributed by atoms with Crippen molar-refractivity contribution >= 4 is 49.8 Å². The molecule has 2 aromatic rings. The molecule has 0 aromatic heterocycles. The molecule has 0 unspecified atom stereocenters. The second-order valence-corrected chi connectivity index (χ2v) is 17.9. The zero-order valence-electron chi connectivity index (χ0n) is 23.9. The van der Waals surface area contributed by atoms with Crippen molar-refractivity contribution in [2.45, 2.75) is 71.0 Å². The Morgan fingerprint density at radius 2 is 1.66 bits per heavy atom. The molecule has 10 heteroatoms. The summed E-state index contributed by atoms with van der Waals surface area (Å²) in [5.41, 5.74) is 0.736. The Hall–Kier alpha value is -2.33. The van der Waals surface area contributed by atoms with Crippen LogP contribution < -0.4 is 15.1 Å². The van der Waals surface area contributed by atoms with Crippen LogP contribution in [0.25, 0.3) is 0 Å². The van der Waals surface area contributed by atoms with E-state index in [0.717, 1.165) is 6.04 Å². The monoisotopic (exact) mass is 559 g/mol. The van der Waals surface area contributed by atoms with Gasteiger partial charge < -0.3 is 23.7 Å². The molecule has 0 radical (unpaired) electrons. The average molecular weight is 560 g/mol. The molecule has 0 saturated carbocycles. The first-order valence-corrected chi connectivity index (χ1v) is 16.9. The number of hydrogen-bond acceptors (Lipinski definition) is 6. The predicted molar refractivity (Wildman–Crippen MR) is 156 cm³/mol. The van der Waals surface area contributed by atoms with E-state index in [2.05, 4.69) is 19.6 Å². The minimum absolute atomic E-state index is 0.0874. The number of esters is 1. The Kier molecular flexibility index (Phi) is 9.08. The molecule has 0 spiro atoms. The molecule has 1 aliphatic rings. The average Bonchev–Trinajstić information content (AvgIpc) is 3.03. The molecule has 2 aromatic carbocycles. The summed E-state index contributed by atoms with van der Waals surface area (Å²) >= 11 is 6.71. The van der Waals surface area contributed by atoms with E-state index >= 15 is 0 Å². The zero-order valence-corrected chi connectivity index (χ0v) is 25.7. The van der Waals surface area contributed by atoms with Gasteiger partial charge in [-0.15, -0.1) is 0 Å². The van der Waals surface area contributed by atoms with Gasteiger partial charge in [-0.05, 0) is 63.6 Å². The molecule has 38 heavy (non-hydrogen) atoms. The number of anilines is 1. The summed E-state index contributed by atoms with van der Waals surface area (Å²) < 4.78 is 23.4. The highest BCUT2D eigenvalue weighted by Crippen LogP contribution is 2.37. The maximum absolute atomic E-state index is 13.9. The van der Waals surface area contributed by atoms with Crippen molar-refractivity contribution in [3.63, 3.8) is 0 Å². The molecule has 7 nitrogen and oxygen atoms in total. The van der Waals surface area contributed by atoms with Gasteiger partial charge in [-0.25, -0.2) is 0 Å². The fourth-order valence-electron chi connectivity index (χ4n) is 4.00. The normalized spacial score (nSPS) is 16.3. The van der Waals surface area contributed by atoms with Crippen LogP contribution in [0.3, 0.4) is 0 Å². The summed E-state index contributed by atoms with van der Waals surface area (Å²) in [6.45, 7) is 14.8. The van der Waals surface area contributed by atoms with Crippen LogP contribution >= 0.6 is 11.6 Å². The maximum atomic E-state index is 13.9. The first-order valence-electron chi connectivity index (χ1n) is 12.8. The minimum atomic E-state index is -1.36.